The lowest BCUT2D eigenvalue weighted by Crippen LogP contribution is -2.07. The maximum Gasteiger partial charge on any atom is 0.455 e. The van der Waals surface area contributed by atoms with Crippen LogP contribution in [0.1, 0.15) is 23.9 Å². The molecule has 0 aliphatic heterocycles. The Bertz CT molecular complexity index is 286. The highest BCUT2D eigenvalue weighted by molar-refractivity contribution is 7.98. The van der Waals surface area contributed by atoms with E-state index in [4.69, 9.17) is 0 Å². The van der Waals surface area contributed by atoms with Crippen LogP contribution in [0.15, 0.2) is 4.52 Å². The highest BCUT2D eigenvalue weighted by Crippen LogP contribution is 2.30. The first kappa shape index (κ1) is 10.4. The number of alkyl halides is 3. The minimum Gasteiger partial charge on any atom is -0.338 e. The Hall–Kier alpha value is -0.720. The van der Waals surface area contributed by atoms with Crippen molar-refractivity contribution < 1.29 is 17.7 Å². The minimum absolute atomic E-state index is 0.000162. The molecule has 13 heavy (non-hydrogen) atoms. The van der Waals surface area contributed by atoms with Crippen LogP contribution in [0, 0.1) is 0 Å². The molecule has 0 spiro atoms. The van der Waals surface area contributed by atoms with Gasteiger partial charge in [0, 0.05) is 0 Å². The average Bonchev–Trinajstić information content (AvgIpc) is 2.50. The first-order chi connectivity index (χ1) is 5.95. The Labute approximate surface area is 76.7 Å². The van der Waals surface area contributed by atoms with E-state index < -0.39 is 12.0 Å². The predicted molar refractivity (Wildman–Crippen MR) is 41.2 cm³/mol. The fourth-order valence-corrected chi connectivity index (χ4v) is 0.914. The quantitative estimate of drug-likeness (QED) is 0.755. The maximum atomic E-state index is 12.0. The third-order valence-electron chi connectivity index (χ3n) is 1.40. The Morgan fingerprint density at radius 3 is 2.46 bits per heavy atom. The van der Waals surface area contributed by atoms with E-state index in [0.717, 1.165) is 0 Å². The molecular formula is C6H7F3N2OS. The highest BCUT2D eigenvalue weighted by atomic mass is 32.2. The van der Waals surface area contributed by atoms with E-state index in [1.807, 2.05) is 0 Å². The predicted octanol–water partition coefficient (Wildman–Crippen LogP) is 2.51. The summed E-state index contributed by atoms with van der Waals surface area (Å²) in [5, 5.41) is 2.61. The van der Waals surface area contributed by atoms with Crippen LogP contribution in [0.3, 0.4) is 0 Å². The lowest BCUT2D eigenvalue weighted by molar-refractivity contribution is -0.146. The van der Waals surface area contributed by atoms with Gasteiger partial charge < -0.3 is 4.52 Å². The number of nitrogens with zero attached hydrogens (tertiary/aromatic N) is 2. The number of hydrogen-bond donors (Lipinski definition) is 0. The first-order valence-corrected chi connectivity index (χ1v) is 4.67. The van der Waals surface area contributed by atoms with E-state index >= 15 is 0 Å². The molecule has 1 unspecified atom stereocenters. The summed E-state index contributed by atoms with van der Waals surface area (Å²) in [6.07, 6.45) is -2.78. The summed E-state index contributed by atoms with van der Waals surface area (Å²) in [7, 11) is 0. The largest absolute Gasteiger partial charge is 0.455 e. The molecular weight excluding hydrogens is 205 g/mol. The van der Waals surface area contributed by atoms with Gasteiger partial charge in [0.15, 0.2) is 0 Å². The van der Waals surface area contributed by atoms with Crippen LogP contribution in [0.2, 0.25) is 0 Å². The molecule has 1 rings (SSSR count). The van der Waals surface area contributed by atoms with Crippen molar-refractivity contribution in [1.82, 2.24) is 10.1 Å². The molecule has 0 saturated carbocycles. The van der Waals surface area contributed by atoms with Crippen LogP contribution < -0.4 is 0 Å². The number of hydrogen-bond acceptors (Lipinski definition) is 4. The van der Waals surface area contributed by atoms with E-state index in [9.17, 15) is 13.2 Å². The fraction of sp³-hybridized carbons (Fsp3) is 0.667. The van der Waals surface area contributed by atoms with Gasteiger partial charge in [-0.25, -0.2) is 0 Å². The zero-order chi connectivity index (χ0) is 10.1. The zero-order valence-corrected chi connectivity index (χ0v) is 7.74. The molecule has 0 fully saturated rings. The van der Waals surface area contributed by atoms with E-state index in [2.05, 4.69) is 14.7 Å². The molecule has 74 valence electrons. The summed E-state index contributed by atoms with van der Waals surface area (Å²) in [4.78, 5) is 3.23. The molecule has 1 aromatic rings. The molecule has 1 atom stereocenters. The maximum absolute atomic E-state index is 12.0. The number of halogens is 3. The molecule has 0 bridgehead atoms. The van der Waals surface area contributed by atoms with Gasteiger partial charge in [-0.3, -0.25) is 0 Å². The van der Waals surface area contributed by atoms with Gasteiger partial charge in [-0.1, -0.05) is 5.16 Å². The van der Waals surface area contributed by atoms with Crippen LogP contribution >= 0.6 is 11.8 Å². The smallest absolute Gasteiger partial charge is 0.338 e. The fourth-order valence-electron chi connectivity index (χ4n) is 0.616. The third kappa shape index (κ3) is 2.36. The summed E-state index contributed by atoms with van der Waals surface area (Å²) >= 11 is 1.34. The molecule has 0 aliphatic carbocycles. The third-order valence-corrected chi connectivity index (χ3v) is 2.31. The Morgan fingerprint density at radius 1 is 1.46 bits per heavy atom. The summed E-state index contributed by atoms with van der Waals surface area (Å²) in [6.45, 7) is 1.69. The summed E-state index contributed by atoms with van der Waals surface area (Å²) in [5.74, 6) is -1.22. The summed E-state index contributed by atoms with van der Waals surface area (Å²) in [6, 6.07) is 0. The van der Waals surface area contributed by atoms with Gasteiger partial charge in [0.1, 0.15) is 0 Å². The van der Waals surface area contributed by atoms with Crippen molar-refractivity contribution in [2.24, 2.45) is 0 Å². The Kier molecular flexibility index (Phi) is 2.84. The van der Waals surface area contributed by atoms with Crippen molar-refractivity contribution in [2.75, 3.05) is 6.26 Å². The molecule has 1 heterocycles. The van der Waals surface area contributed by atoms with Crippen LogP contribution in [-0.2, 0) is 6.18 Å². The second kappa shape index (κ2) is 3.57. The normalized spacial score (nSPS) is 14.5. The van der Waals surface area contributed by atoms with E-state index in [0.29, 0.717) is 0 Å². The zero-order valence-electron chi connectivity index (χ0n) is 6.92. The number of aromatic nitrogens is 2. The van der Waals surface area contributed by atoms with E-state index in [-0.39, 0.29) is 11.1 Å². The molecule has 1 aromatic heterocycles. The standard InChI is InChI=1S/C6H7F3N2OS/c1-3(13-2)4-10-5(11-12-4)6(7,8)9/h3H,1-2H3. The van der Waals surface area contributed by atoms with Crippen LogP contribution in [-0.4, -0.2) is 16.4 Å². The molecule has 7 heteroatoms. The number of thioether (sulfide) groups is 1. The van der Waals surface area contributed by atoms with Gasteiger partial charge in [0.25, 0.3) is 5.82 Å². The second-order valence-electron chi connectivity index (χ2n) is 2.33. The van der Waals surface area contributed by atoms with Gasteiger partial charge in [-0.15, -0.1) is 0 Å². The topological polar surface area (TPSA) is 38.9 Å². The molecule has 3 nitrogen and oxygen atoms in total. The Balaban J connectivity index is 2.87. The van der Waals surface area contributed by atoms with Gasteiger partial charge in [0.2, 0.25) is 5.89 Å². The van der Waals surface area contributed by atoms with Gasteiger partial charge >= 0.3 is 6.18 Å². The lowest BCUT2D eigenvalue weighted by atomic mass is 10.5. The molecule has 0 aromatic carbocycles. The highest BCUT2D eigenvalue weighted by Gasteiger charge is 2.37. The second-order valence-corrected chi connectivity index (χ2v) is 3.51. The van der Waals surface area contributed by atoms with Crippen molar-refractivity contribution in [1.29, 1.82) is 0 Å². The molecule has 0 saturated heterocycles. The van der Waals surface area contributed by atoms with Crippen LogP contribution in [0.4, 0.5) is 13.2 Å². The monoisotopic (exact) mass is 212 g/mol. The first-order valence-electron chi connectivity index (χ1n) is 3.38. The molecule has 0 N–H and O–H groups in total. The Morgan fingerprint density at radius 2 is 2.08 bits per heavy atom. The minimum atomic E-state index is -4.53. The van der Waals surface area contributed by atoms with Crippen molar-refractivity contribution in [3.05, 3.63) is 11.7 Å². The van der Waals surface area contributed by atoms with Crippen LogP contribution in [0.5, 0.6) is 0 Å². The molecule has 0 amide bonds. The molecule has 0 radical (unpaired) electrons. The summed E-state index contributed by atoms with van der Waals surface area (Å²) < 4.78 is 40.4. The van der Waals surface area contributed by atoms with Crippen molar-refractivity contribution in [3.63, 3.8) is 0 Å². The summed E-state index contributed by atoms with van der Waals surface area (Å²) in [5.41, 5.74) is 0. The van der Waals surface area contributed by atoms with E-state index in [1.54, 1.807) is 13.2 Å². The van der Waals surface area contributed by atoms with Crippen LogP contribution in [0.25, 0.3) is 0 Å². The lowest BCUT2D eigenvalue weighted by Gasteiger charge is -1.99. The van der Waals surface area contributed by atoms with Gasteiger partial charge in [-0.2, -0.15) is 29.9 Å². The SMILES string of the molecule is CSC(C)c1nc(C(F)(F)F)no1. The van der Waals surface area contributed by atoms with Gasteiger partial charge in [0.05, 0.1) is 5.25 Å². The van der Waals surface area contributed by atoms with Gasteiger partial charge in [-0.05, 0) is 13.2 Å². The van der Waals surface area contributed by atoms with Crippen molar-refractivity contribution in [3.8, 4) is 0 Å². The average molecular weight is 212 g/mol. The van der Waals surface area contributed by atoms with Crippen molar-refractivity contribution in [2.45, 2.75) is 18.3 Å². The molecule has 0 aliphatic rings. The van der Waals surface area contributed by atoms with E-state index in [1.165, 1.54) is 11.8 Å². The van der Waals surface area contributed by atoms with Crippen molar-refractivity contribution >= 4 is 11.8 Å². The number of rotatable bonds is 2.